The minimum absolute atomic E-state index is 0.345. The summed E-state index contributed by atoms with van der Waals surface area (Å²) in [5.74, 6) is -162. The Morgan fingerprint density at radius 2 is 0.413 bits per heavy atom. The number of alkyl halides is 35. The molecule has 0 aliphatic heterocycles. The lowest BCUT2D eigenvalue weighted by atomic mass is 9.82. The fourth-order valence-corrected chi connectivity index (χ4v) is 5.72. The van der Waals surface area contributed by atoms with Crippen LogP contribution in [0.1, 0.15) is 110 Å². The van der Waals surface area contributed by atoms with Gasteiger partial charge in [-0.05, 0) is 6.42 Å². The van der Waals surface area contributed by atoms with Crippen molar-refractivity contribution in [2.45, 2.75) is 211 Å². The molecule has 0 amide bonds. The number of carboxylic acids is 2. The predicted octanol–water partition coefficient (Wildman–Crippen LogP) is 17.1. The van der Waals surface area contributed by atoms with Crippen molar-refractivity contribution in [2.75, 3.05) is 0 Å². The molecule has 0 heterocycles. The first-order chi connectivity index (χ1) is 32.7. The van der Waals surface area contributed by atoms with Gasteiger partial charge in [0.1, 0.15) is 0 Å². The van der Waals surface area contributed by atoms with Crippen molar-refractivity contribution in [2.24, 2.45) is 0 Å². The average molecular weight is 1200 g/mol. The SMILES string of the molecule is CCCCCCCCCCCCCCCCCC(=O)O.O=C(O)C(F)(F)C(F)(F)C(F)(F)C(F)(F)C(F)(F)C(F)(F)C(F)(F)C(F)(F)C(F)(F)C(F)(F)C(F)(F)C(F)(F)C(F)(F)C(F)(F)C(F)(F)C(F)(F)C(F)(F)F. The van der Waals surface area contributed by atoms with Gasteiger partial charge in [0.25, 0.3) is 0 Å². The van der Waals surface area contributed by atoms with Gasteiger partial charge in [0, 0.05) is 6.42 Å². The second-order valence-electron chi connectivity index (χ2n) is 16.1. The third-order valence-electron chi connectivity index (χ3n) is 10.5. The predicted molar refractivity (Wildman–Crippen MR) is 180 cm³/mol. The Morgan fingerprint density at radius 3 is 0.573 bits per heavy atom. The van der Waals surface area contributed by atoms with Crippen molar-refractivity contribution >= 4 is 11.9 Å². The van der Waals surface area contributed by atoms with Gasteiger partial charge in [-0.1, -0.05) is 96.8 Å². The highest BCUT2D eigenvalue weighted by atomic mass is 19.4. The summed E-state index contributed by atoms with van der Waals surface area (Å²) < 4.78 is 468. The molecule has 0 aliphatic carbocycles. The molecule has 39 heteroatoms. The molecule has 0 spiro atoms. The Hall–Kier alpha value is -3.51. The van der Waals surface area contributed by atoms with E-state index in [1.54, 1.807) is 0 Å². The van der Waals surface area contributed by atoms with Crippen molar-refractivity contribution in [3.05, 3.63) is 0 Å². The minimum atomic E-state index is -10.4. The standard InChI is InChI=1S/C18HF35O2.C18H36O2/c19-2(20,1(54)55)3(21,22)4(23,24)5(25,26)6(27,28)7(29,30)8(31,32)9(33,34)10(35,36)11(37,38)12(39,40)13(41,42)14(43,44)15(45,46)16(47,48)17(49,50)18(51,52)53;1-2-3-4-5-6-7-8-9-10-11-12-13-14-15-16-17-18(19)20/h(H,54,55);2-17H2,1H3,(H,19,20). The molecule has 0 atom stereocenters. The Morgan fingerprint density at radius 1 is 0.253 bits per heavy atom. The molecule has 0 saturated heterocycles. The molecule has 0 unspecified atom stereocenters. The molecule has 75 heavy (non-hydrogen) atoms. The van der Waals surface area contributed by atoms with Crippen molar-refractivity contribution in [3.63, 3.8) is 0 Å². The molecule has 4 nitrogen and oxygen atoms in total. The van der Waals surface area contributed by atoms with Crippen LogP contribution in [-0.4, -0.2) is 123 Å². The van der Waals surface area contributed by atoms with Crippen LogP contribution in [0.3, 0.4) is 0 Å². The highest BCUT2D eigenvalue weighted by Crippen LogP contribution is 2.70. The van der Waals surface area contributed by atoms with Gasteiger partial charge < -0.3 is 10.2 Å². The molecule has 0 bridgehead atoms. The number of hydrogen-bond donors (Lipinski definition) is 2. The van der Waals surface area contributed by atoms with Gasteiger partial charge in [0.15, 0.2) is 0 Å². The third-order valence-corrected chi connectivity index (χ3v) is 10.5. The van der Waals surface area contributed by atoms with E-state index >= 15 is 0 Å². The van der Waals surface area contributed by atoms with E-state index in [2.05, 4.69) is 6.92 Å². The maximum Gasteiger partial charge on any atom is 0.460 e. The van der Waals surface area contributed by atoms with Crippen LogP contribution in [0.25, 0.3) is 0 Å². The summed E-state index contributed by atoms with van der Waals surface area (Å²) in [4.78, 5) is 20.3. The van der Waals surface area contributed by atoms with Gasteiger partial charge in [0.05, 0.1) is 0 Å². The molecule has 450 valence electrons. The number of carbonyl (C=O) groups is 2. The lowest BCUT2D eigenvalue weighted by Gasteiger charge is -2.47. The number of rotatable bonds is 32. The zero-order valence-corrected chi connectivity index (χ0v) is 36.8. The summed E-state index contributed by atoms with van der Waals surface area (Å²) in [6.45, 7) is 2.27. The van der Waals surface area contributed by atoms with Gasteiger partial charge in [-0.2, -0.15) is 154 Å². The first kappa shape index (κ1) is 73.6. The number of unbranched alkanes of at least 4 members (excludes halogenated alkanes) is 14. The van der Waals surface area contributed by atoms with Gasteiger partial charge in [0.2, 0.25) is 0 Å². The molecular formula is C36H37F35O4. The summed E-state index contributed by atoms with van der Waals surface area (Å²) in [6, 6.07) is 0. The van der Waals surface area contributed by atoms with Crippen LogP contribution in [0.4, 0.5) is 154 Å². The van der Waals surface area contributed by atoms with E-state index in [-0.39, 0.29) is 0 Å². The van der Waals surface area contributed by atoms with Crippen LogP contribution in [0.5, 0.6) is 0 Å². The number of hydrogen-bond acceptors (Lipinski definition) is 2. The van der Waals surface area contributed by atoms with Crippen LogP contribution in [0.2, 0.25) is 0 Å². The molecule has 0 fully saturated rings. The van der Waals surface area contributed by atoms with E-state index in [0.717, 1.165) is 12.8 Å². The molecule has 0 aliphatic rings. The Bertz CT molecular complexity index is 1840. The van der Waals surface area contributed by atoms with E-state index < -0.39 is 113 Å². The quantitative estimate of drug-likeness (QED) is 0.0520. The minimum Gasteiger partial charge on any atom is -0.481 e. The maximum absolute atomic E-state index is 13.8. The maximum atomic E-state index is 13.8. The summed E-state index contributed by atoms with van der Waals surface area (Å²) in [5, 5.41) is 16.2. The van der Waals surface area contributed by atoms with Gasteiger partial charge in [-0.15, -0.1) is 0 Å². The van der Waals surface area contributed by atoms with Crippen molar-refractivity contribution in [1.29, 1.82) is 0 Å². The van der Waals surface area contributed by atoms with Crippen LogP contribution >= 0.6 is 0 Å². The smallest absolute Gasteiger partial charge is 0.460 e. The lowest BCUT2D eigenvalue weighted by Crippen LogP contribution is -2.80. The summed E-state index contributed by atoms with van der Waals surface area (Å²) >= 11 is 0. The Kier molecular flexibility index (Phi) is 23.0. The molecule has 0 aromatic heterocycles. The number of carboxylic acid groups (broad SMARTS) is 2. The molecule has 0 aromatic rings. The van der Waals surface area contributed by atoms with Gasteiger partial charge in [-0.3, -0.25) is 4.79 Å². The highest BCUT2D eigenvalue weighted by Gasteiger charge is 3.02. The van der Waals surface area contributed by atoms with Crippen molar-refractivity contribution in [3.8, 4) is 0 Å². The van der Waals surface area contributed by atoms with E-state index in [1.165, 1.54) is 83.5 Å². The molecular weight excluding hydrogens is 1160 g/mol. The molecule has 0 aromatic carbocycles. The highest BCUT2D eigenvalue weighted by molar-refractivity contribution is 5.77. The zero-order chi connectivity index (χ0) is 61.0. The summed E-state index contributed by atoms with van der Waals surface area (Å²) in [6.07, 6.45) is 11.8. The number of aliphatic carboxylic acids is 2. The molecule has 2 N–H and O–H groups in total. The first-order valence-corrected chi connectivity index (χ1v) is 20.3. The van der Waals surface area contributed by atoms with Gasteiger partial charge in [-0.25, -0.2) is 4.79 Å². The molecule has 0 radical (unpaired) electrons. The summed E-state index contributed by atoms with van der Waals surface area (Å²) in [7, 11) is 0. The number of halogens is 35. The van der Waals surface area contributed by atoms with Crippen LogP contribution in [-0.2, 0) is 9.59 Å². The second-order valence-corrected chi connectivity index (χ2v) is 16.1. The zero-order valence-electron chi connectivity index (χ0n) is 36.8. The van der Waals surface area contributed by atoms with Crippen molar-refractivity contribution in [1.82, 2.24) is 0 Å². The fourth-order valence-electron chi connectivity index (χ4n) is 5.72. The van der Waals surface area contributed by atoms with Crippen molar-refractivity contribution < 1.29 is 173 Å². The lowest BCUT2D eigenvalue weighted by molar-refractivity contribution is -0.492. The Balaban J connectivity index is 0. The normalized spacial score (nSPS) is 15.5. The molecule has 0 rings (SSSR count). The fraction of sp³-hybridized carbons (Fsp3) is 0.944. The van der Waals surface area contributed by atoms with Crippen LogP contribution < -0.4 is 0 Å². The largest absolute Gasteiger partial charge is 0.481 e. The first-order valence-electron chi connectivity index (χ1n) is 20.3. The second kappa shape index (κ2) is 23.4. The molecule has 0 saturated carbocycles. The third kappa shape index (κ3) is 12.4. The van der Waals surface area contributed by atoms with E-state index in [4.69, 9.17) is 10.2 Å². The summed E-state index contributed by atoms with van der Waals surface area (Å²) in [5.41, 5.74) is 0. The average Bonchev–Trinajstić information content (AvgIpc) is 3.23. The van der Waals surface area contributed by atoms with Gasteiger partial charge >= 0.3 is 113 Å². The Labute approximate surface area is 396 Å². The monoisotopic (exact) mass is 1200 g/mol. The van der Waals surface area contributed by atoms with Crippen LogP contribution in [0, 0.1) is 0 Å². The van der Waals surface area contributed by atoms with Crippen LogP contribution in [0.15, 0.2) is 0 Å². The van der Waals surface area contributed by atoms with E-state index in [0.29, 0.717) is 6.42 Å². The van der Waals surface area contributed by atoms with E-state index in [1.807, 2.05) is 0 Å². The van der Waals surface area contributed by atoms with E-state index in [9.17, 15) is 163 Å². The topological polar surface area (TPSA) is 74.6 Å².